The van der Waals surface area contributed by atoms with Gasteiger partial charge in [-0.05, 0) is 41.9 Å². The van der Waals surface area contributed by atoms with Gasteiger partial charge in [0, 0.05) is 29.3 Å². The zero-order chi connectivity index (χ0) is 15.4. The summed E-state index contributed by atoms with van der Waals surface area (Å²) < 4.78 is 2.73. The van der Waals surface area contributed by atoms with Crippen LogP contribution in [-0.4, -0.2) is 22.2 Å². The molecular formula is C15H19BrN4O. The molecule has 5 nitrogen and oxygen atoms in total. The first-order valence-electron chi connectivity index (χ1n) is 6.73. The van der Waals surface area contributed by atoms with Gasteiger partial charge in [-0.3, -0.25) is 9.48 Å². The molecule has 21 heavy (non-hydrogen) atoms. The summed E-state index contributed by atoms with van der Waals surface area (Å²) in [4.78, 5) is 11.9. The number of amides is 1. The lowest BCUT2D eigenvalue weighted by Crippen LogP contribution is -2.28. The number of aromatic nitrogens is 2. The monoisotopic (exact) mass is 350 g/mol. The van der Waals surface area contributed by atoms with Gasteiger partial charge in [0.25, 0.3) is 0 Å². The predicted molar refractivity (Wildman–Crippen MR) is 87.2 cm³/mol. The fourth-order valence-corrected chi connectivity index (χ4v) is 2.52. The maximum atomic E-state index is 11.9. The van der Waals surface area contributed by atoms with Crippen LogP contribution in [0.25, 0.3) is 0 Å². The topological polar surface area (TPSA) is 59.0 Å². The molecule has 0 saturated carbocycles. The molecule has 1 aromatic carbocycles. The highest BCUT2D eigenvalue weighted by Gasteiger charge is 2.10. The molecular weight excluding hydrogens is 332 g/mol. The smallest absolute Gasteiger partial charge is 0.238 e. The Labute approximate surface area is 132 Å². The molecule has 0 aliphatic rings. The van der Waals surface area contributed by atoms with Crippen LogP contribution >= 0.6 is 15.9 Å². The van der Waals surface area contributed by atoms with E-state index in [2.05, 4.69) is 31.7 Å². The third-order valence-corrected chi connectivity index (χ3v) is 4.09. The molecule has 2 N–H and O–H groups in total. The van der Waals surface area contributed by atoms with Crippen molar-refractivity contribution in [1.29, 1.82) is 0 Å². The summed E-state index contributed by atoms with van der Waals surface area (Å²) >= 11 is 3.41. The van der Waals surface area contributed by atoms with E-state index >= 15 is 0 Å². The first-order valence-corrected chi connectivity index (χ1v) is 7.52. The van der Waals surface area contributed by atoms with Crippen LogP contribution in [0.3, 0.4) is 0 Å². The number of hydrogen-bond donors (Lipinski definition) is 2. The largest absolute Gasteiger partial charge is 0.324 e. The molecule has 2 aromatic rings. The van der Waals surface area contributed by atoms with Crippen LogP contribution in [-0.2, 0) is 18.4 Å². The zero-order valence-electron chi connectivity index (χ0n) is 12.4. The third-order valence-electron chi connectivity index (χ3n) is 3.39. The van der Waals surface area contributed by atoms with E-state index in [4.69, 9.17) is 0 Å². The van der Waals surface area contributed by atoms with E-state index in [1.165, 1.54) is 0 Å². The van der Waals surface area contributed by atoms with Gasteiger partial charge in [-0.15, -0.1) is 0 Å². The van der Waals surface area contributed by atoms with Gasteiger partial charge in [-0.25, -0.2) is 0 Å². The number of para-hydroxylation sites is 1. The van der Waals surface area contributed by atoms with Gasteiger partial charge in [0.1, 0.15) is 0 Å². The number of halogens is 1. The Kier molecular flexibility index (Phi) is 5.14. The average molecular weight is 351 g/mol. The number of aryl methyl sites for hydroxylation is 2. The minimum atomic E-state index is -0.0684. The summed E-state index contributed by atoms with van der Waals surface area (Å²) in [6.07, 6.45) is 0. The van der Waals surface area contributed by atoms with Crippen molar-refractivity contribution in [1.82, 2.24) is 15.1 Å². The van der Waals surface area contributed by atoms with Gasteiger partial charge in [0.15, 0.2) is 0 Å². The van der Waals surface area contributed by atoms with Gasteiger partial charge >= 0.3 is 0 Å². The second-order valence-electron chi connectivity index (χ2n) is 4.90. The minimum absolute atomic E-state index is 0.0684. The van der Waals surface area contributed by atoms with Crippen LogP contribution in [0, 0.1) is 13.8 Å². The summed E-state index contributed by atoms with van der Waals surface area (Å²) in [5, 5.41) is 10.4. The molecule has 0 spiro atoms. The Balaban J connectivity index is 1.86. The van der Waals surface area contributed by atoms with Crippen LogP contribution in [0.4, 0.5) is 5.69 Å². The highest BCUT2D eigenvalue weighted by molar-refractivity contribution is 9.10. The standard InChI is InChI=1S/C15H19BrN4O/c1-10-12(11(2)20(3)19-10)8-17-9-15(21)18-14-7-5-4-6-13(14)16/h4-7,17H,8-9H2,1-3H3,(H,18,21). The summed E-state index contributed by atoms with van der Waals surface area (Å²) in [7, 11) is 1.92. The number of rotatable bonds is 5. The number of nitrogens with one attached hydrogen (secondary N) is 2. The molecule has 2 rings (SSSR count). The maximum absolute atomic E-state index is 11.9. The van der Waals surface area contributed by atoms with Crippen LogP contribution < -0.4 is 10.6 Å². The van der Waals surface area contributed by atoms with Crippen molar-refractivity contribution in [2.75, 3.05) is 11.9 Å². The van der Waals surface area contributed by atoms with Crippen LogP contribution in [0.5, 0.6) is 0 Å². The fourth-order valence-electron chi connectivity index (χ4n) is 2.13. The summed E-state index contributed by atoms with van der Waals surface area (Å²) in [6.45, 7) is 4.90. The van der Waals surface area contributed by atoms with Gasteiger partial charge in [-0.2, -0.15) is 5.10 Å². The number of carbonyl (C=O) groups is 1. The lowest BCUT2D eigenvalue weighted by Gasteiger charge is -2.08. The molecule has 0 radical (unpaired) electrons. The van der Waals surface area contributed by atoms with Crippen molar-refractivity contribution in [3.8, 4) is 0 Å². The van der Waals surface area contributed by atoms with Gasteiger partial charge in [0.2, 0.25) is 5.91 Å². The molecule has 0 aliphatic heterocycles. The Morgan fingerprint density at radius 2 is 2.05 bits per heavy atom. The lowest BCUT2D eigenvalue weighted by molar-refractivity contribution is -0.115. The molecule has 0 fully saturated rings. The molecule has 0 atom stereocenters. The molecule has 1 aromatic heterocycles. The highest BCUT2D eigenvalue weighted by atomic mass is 79.9. The van der Waals surface area contributed by atoms with Gasteiger partial charge < -0.3 is 10.6 Å². The first-order chi connectivity index (χ1) is 9.99. The molecule has 0 aliphatic carbocycles. The van der Waals surface area contributed by atoms with Gasteiger partial charge in [-0.1, -0.05) is 12.1 Å². The Morgan fingerprint density at radius 1 is 1.33 bits per heavy atom. The number of benzene rings is 1. The highest BCUT2D eigenvalue weighted by Crippen LogP contribution is 2.20. The van der Waals surface area contributed by atoms with E-state index in [0.29, 0.717) is 6.54 Å². The predicted octanol–water partition coefficient (Wildman–Crippen LogP) is 2.53. The number of nitrogens with zero attached hydrogens (tertiary/aromatic N) is 2. The van der Waals surface area contributed by atoms with E-state index in [9.17, 15) is 4.79 Å². The van der Waals surface area contributed by atoms with Crippen LogP contribution in [0.15, 0.2) is 28.7 Å². The lowest BCUT2D eigenvalue weighted by atomic mass is 10.2. The van der Waals surface area contributed by atoms with E-state index in [1.807, 2.05) is 49.8 Å². The van der Waals surface area contributed by atoms with E-state index < -0.39 is 0 Å². The SMILES string of the molecule is Cc1nn(C)c(C)c1CNCC(=O)Nc1ccccc1Br. The first kappa shape index (κ1) is 15.7. The van der Waals surface area contributed by atoms with E-state index in [0.717, 1.165) is 27.1 Å². The average Bonchev–Trinajstić information content (AvgIpc) is 2.68. The van der Waals surface area contributed by atoms with E-state index in [-0.39, 0.29) is 12.5 Å². The number of anilines is 1. The molecule has 1 heterocycles. The Bertz CT molecular complexity index is 651. The molecule has 0 saturated heterocycles. The summed E-state index contributed by atoms with van der Waals surface area (Å²) in [5.41, 5.74) is 4.03. The third kappa shape index (κ3) is 3.92. The van der Waals surface area contributed by atoms with Crippen LogP contribution in [0.2, 0.25) is 0 Å². The number of carbonyl (C=O) groups excluding carboxylic acids is 1. The molecule has 0 unspecified atom stereocenters. The van der Waals surface area contributed by atoms with Crippen molar-refractivity contribution in [3.63, 3.8) is 0 Å². The molecule has 1 amide bonds. The maximum Gasteiger partial charge on any atom is 0.238 e. The summed E-state index contributed by atoms with van der Waals surface area (Å²) in [6, 6.07) is 7.55. The normalized spacial score (nSPS) is 10.7. The zero-order valence-corrected chi connectivity index (χ0v) is 14.0. The second kappa shape index (κ2) is 6.87. The Hall–Kier alpha value is -1.66. The molecule has 0 bridgehead atoms. The fraction of sp³-hybridized carbons (Fsp3) is 0.333. The van der Waals surface area contributed by atoms with Crippen molar-refractivity contribution in [3.05, 3.63) is 45.7 Å². The van der Waals surface area contributed by atoms with Crippen molar-refractivity contribution in [2.24, 2.45) is 7.05 Å². The Morgan fingerprint density at radius 3 is 2.67 bits per heavy atom. The number of hydrogen-bond acceptors (Lipinski definition) is 3. The second-order valence-corrected chi connectivity index (χ2v) is 5.76. The van der Waals surface area contributed by atoms with Crippen LogP contribution in [0.1, 0.15) is 17.0 Å². The van der Waals surface area contributed by atoms with Crippen molar-refractivity contribution >= 4 is 27.5 Å². The minimum Gasteiger partial charge on any atom is -0.324 e. The van der Waals surface area contributed by atoms with Gasteiger partial charge in [0.05, 0.1) is 17.9 Å². The van der Waals surface area contributed by atoms with E-state index in [1.54, 1.807) is 0 Å². The van der Waals surface area contributed by atoms with Crippen molar-refractivity contribution in [2.45, 2.75) is 20.4 Å². The summed E-state index contributed by atoms with van der Waals surface area (Å²) in [5.74, 6) is -0.0684. The van der Waals surface area contributed by atoms with Crippen molar-refractivity contribution < 1.29 is 4.79 Å². The molecule has 112 valence electrons. The quantitative estimate of drug-likeness (QED) is 0.870. The molecule has 6 heteroatoms.